The number of rotatable bonds is 4. The van der Waals surface area contributed by atoms with Crippen LogP contribution in [0.3, 0.4) is 0 Å². The van der Waals surface area contributed by atoms with E-state index in [9.17, 15) is 9.59 Å². The molecule has 0 bridgehead atoms. The van der Waals surface area contributed by atoms with Gasteiger partial charge in [0.2, 0.25) is 5.91 Å². The fourth-order valence-corrected chi connectivity index (χ4v) is 1.93. The van der Waals surface area contributed by atoms with E-state index in [1.165, 1.54) is 10.6 Å². The number of hydrogen-bond donors (Lipinski definition) is 2. The first-order chi connectivity index (χ1) is 9.60. The maximum atomic E-state index is 12.0. The minimum Gasteiger partial charge on any atom is -0.398 e. The predicted molar refractivity (Wildman–Crippen MR) is 79.6 cm³/mol. The zero-order valence-corrected chi connectivity index (χ0v) is 11.3. The Balaban J connectivity index is 2.09. The van der Waals surface area contributed by atoms with Crippen LogP contribution in [0.4, 0.5) is 11.4 Å². The molecule has 1 heterocycles. The molecule has 104 valence electrons. The third-order valence-electron chi connectivity index (χ3n) is 3.01. The van der Waals surface area contributed by atoms with Crippen LogP contribution < -0.4 is 16.6 Å². The molecule has 20 heavy (non-hydrogen) atoms. The van der Waals surface area contributed by atoms with Crippen molar-refractivity contribution in [2.75, 3.05) is 11.1 Å². The zero-order chi connectivity index (χ0) is 14.5. The van der Waals surface area contributed by atoms with Crippen LogP contribution in [-0.2, 0) is 17.8 Å². The summed E-state index contributed by atoms with van der Waals surface area (Å²) in [5, 5.41) is 2.77. The first-order valence-corrected chi connectivity index (χ1v) is 6.44. The Labute approximate surface area is 117 Å². The quantitative estimate of drug-likeness (QED) is 0.830. The Morgan fingerprint density at radius 2 is 2.00 bits per heavy atom. The molecule has 0 saturated carbocycles. The highest BCUT2D eigenvalue weighted by Crippen LogP contribution is 2.12. The number of amides is 1. The van der Waals surface area contributed by atoms with Crippen molar-refractivity contribution in [3.05, 3.63) is 58.5 Å². The highest BCUT2D eigenvalue weighted by molar-refractivity contribution is 5.92. The number of hydrogen-bond acceptors (Lipinski definition) is 3. The van der Waals surface area contributed by atoms with Gasteiger partial charge in [-0.15, -0.1) is 0 Å². The topological polar surface area (TPSA) is 77.1 Å². The van der Waals surface area contributed by atoms with Gasteiger partial charge in [-0.1, -0.05) is 18.2 Å². The van der Waals surface area contributed by atoms with Gasteiger partial charge in [0.25, 0.3) is 5.56 Å². The summed E-state index contributed by atoms with van der Waals surface area (Å²) in [6.45, 7) is 2.44. The number of nitrogens with zero attached hydrogens (tertiary/aromatic N) is 1. The summed E-state index contributed by atoms with van der Waals surface area (Å²) in [6.07, 6.45) is 1.84. The van der Waals surface area contributed by atoms with Crippen molar-refractivity contribution in [2.45, 2.75) is 19.9 Å². The van der Waals surface area contributed by atoms with Gasteiger partial charge in [0.15, 0.2) is 0 Å². The SMILES string of the molecule is CCn1cc(NC(=O)Cc2ccccc2N)ccc1=O. The second-order valence-corrected chi connectivity index (χ2v) is 4.47. The summed E-state index contributed by atoms with van der Waals surface area (Å²) in [5.41, 5.74) is 7.70. The Bertz CT molecular complexity index is 677. The van der Waals surface area contributed by atoms with Gasteiger partial charge in [0, 0.05) is 24.5 Å². The molecule has 0 saturated heterocycles. The summed E-state index contributed by atoms with van der Waals surface area (Å²) in [7, 11) is 0. The molecule has 1 aromatic heterocycles. The third kappa shape index (κ3) is 3.26. The smallest absolute Gasteiger partial charge is 0.250 e. The zero-order valence-electron chi connectivity index (χ0n) is 11.3. The number of carbonyl (C=O) groups is 1. The largest absolute Gasteiger partial charge is 0.398 e. The van der Waals surface area contributed by atoms with Gasteiger partial charge in [-0.05, 0) is 24.6 Å². The minimum absolute atomic E-state index is 0.0854. The van der Waals surface area contributed by atoms with Crippen LogP contribution in [0.15, 0.2) is 47.4 Å². The van der Waals surface area contributed by atoms with Crippen LogP contribution in [0.25, 0.3) is 0 Å². The molecule has 0 aliphatic rings. The van der Waals surface area contributed by atoms with E-state index < -0.39 is 0 Å². The van der Waals surface area contributed by atoms with Crippen LogP contribution >= 0.6 is 0 Å². The highest BCUT2D eigenvalue weighted by Gasteiger charge is 2.07. The number of nitrogens with one attached hydrogen (secondary N) is 1. The summed E-state index contributed by atoms with van der Waals surface area (Å²) in [4.78, 5) is 23.4. The Kier molecular flexibility index (Phi) is 4.20. The monoisotopic (exact) mass is 271 g/mol. The van der Waals surface area contributed by atoms with Crippen LogP contribution in [0, 0.1) is 0 Å². The lowest BCUT2D eigenvalue weighted by Gasteiger charge is -2.09. The van der Waals surface area contributed by atoms with Crippen LogP contribution in [-0.4, -0.2) is 10.5 Å². The average Bonchev–Trinajstić information content (AvgIpc) is 2.43. The number of nitrogen functional groups attached to an aromatic ring is 1. The molecule has 0 unspecified atom stereocenters. The van der Waals surface area contributed by atoms with Gasteiger partial charge < -0.3 is 15.6 Å². The normalized spacial score (nSPS) is 10.2. The molecule has 3 N–H and O–H groups in total. The summed E-state index contributed by atoms with van der Waals surface area (Å²) >= 11 is 0. The number of aryl methyl sites for hydroxylation is 1. The summed E-state index contributed by atoms with van der Waals surface area (Å²) in [6, 6.07) is 10.3. The Morgan fingerprint density at radius 1 is 1.25 bits per heavy atom. The molecule has 0 aliphatic heterocycles. The molecule has 5 heteroatoms. The van der Waals surface area contributed by atoms with Crippen LogP contribution in [0.5, 0.6) is 0 Å². The molecule has 2 aromatic rings. The van der Waals surface area contributed by atoms with Crippen LogP contribution in [0.2, 0.25) is 0 Å². The lowest BCUT2D eigenvalue weighted by molar-refractivity contribution is -0.115. The molecule has 0 fully saturated rings. The molecular weight excluding hydrogens is 254 g/mol. The fourth-order valence-electron chi connectivity index (χ4n) is 1.93. The molecule has 5 nitrogen and oxygen atoms in total. The van der Waals surface area contributed by atoms with E-state index in [2.05, 4.69) is 5.32 Å². The van der Waals surface area contributed by atoms with E-state index in [0.717, 1.165) is 5.56 Å². The fraction of sp³-hybridized carbons (Fsp3) is 0.200. The average molecular weight is 271 g/mol. The second kappa shape index (κ2) is 6.06. The number of carbonyl (C=O) groups excluding carboxylic acids is 1. The molecule has 0 radical (unpaired) electrons. The Morgan fingerprint density at radius 3 is 2.70 bits per heavy atom. The predicted octanol–water partition coefficient (Wildman–Crippen LogP) is 1.63. The molecule has 0 spiro atoms. The maximum absolute atomic E-state index is 12.0. The van der Waals surface area contributed by atoms with E-state index in [4.69, 9.17) is 5.73 Å². The standard InChI is InChI=1S/C15H17N3O2/c1-2-18-10-12(7-8-15(18)20)17-14(19)9-11-5-3-4-6-13(11)16/h3-8,10H,2,9,16H2,1H3,(H,17,19). The van der Waals surface area contributed by atoms with Crippen molar-refractivity contribution in [3.63, 3.8) is 0 Å². The molecule has 0 aliphatic carbocycles. The minimum atomic E-state index is -0.163. The molecule has 0 atom stereocenters. The number of anilines is 2. The van der Waals surface area contributed by atoms with Gasteiger partial charge in [-0.25, -0.2) is 0 Å². The van der Waals surface area contributed by atoms with Gasteiger partial charge in [0.05, 0.1) is 12.1 Å². The van der Waals surface area contributed by atoms with E-state index in [0.29, 0.717) is 17.9 Å². The summed E-state index contributed by atoms with van der Waals surface area (Å²) in [5.74, 6) is -0.163. The van der Waals surface area contributed by atoms with Crippen molar-refractivity contribution >= 4 is 17.3 Å². The number of benzene rings is 1. The van der Waals surface area contributed by atoms with Crippen molar-refractivity contribution in [1.82, 2.24) is 4.57 Å². The maximum Gasteiger partial charge on any atom is 0.250 e. The van der Waals surface area contributed by atoms with E-state index in [1.807, 2.05) is 25.1 Å². The van der Waals surface area contributed by atoms with Gasteiger partial charge in [-0.3, -0.25) is 9.59 Å². The second-order valence-electron chi connectivity index (χ2n) is 4.47. The van der Waals surface area contributed by atoms with Crippen molar-refractivity contribution in [3.8, 4) is 0 Å². The van der Waals surface area contributed by atoms with Gasteiger partial charge in [-0.2, -0.15) is 0 Å². The first kappa shape index (κ1) is 13.9. The third-order valence-corrected chi connectivity index (χ3v) is 3.01. The van der Waals surface area contributed by atoms with E-state index in [-0.39, 0.29) is 17.9 Å². The number of nitrogens with two attached hydrogens (primary N) is 1. The molecular formula is C15H17N3O2. The molecule has 2 rings (SSSR count). The van der Waals surface area contributed by atoms with Gasteiger partial charge >= 0.3 is 0 Å². The lowest BCUT2D eigenvalue weighted by Crippen LogP contribution is -2.20. The van der Waals surface area contributed by atoms with Crippen LogP contribution in [0.1, 0.15) is 12.5 Å². The van der Waals surface area contributed by atoms with Crippen molar-refractivity contribution in [1.29, 1.82) is 0 Å². The van der Waals surface area contributed by atoms with Gasteiger partial charge in [0.1, 0.15) is 0 Å². The number of pyridine rings is 1. The van der Waals surface area contributed by atoms with Crippen molar-refractivity contribution < 1.29 is 4.79 Å². The first-order valence-electron chi connectivity index (χ1n) is 6.44. The molecule has 1 aromatic carbocycles. The Hall–Kier alpha value is -2.56. The van der Waals surface area contributed by atoms with E-state index >= 15 is 0 Å². The number of aromatic nitrogens is 1. The van der Waals surface area contributed by atoms with E-state index in [1.54, 1.807) is 18.3 Å². The lowest BCUT2D eigenvalue weighted by atomic mass is 10.1. The number of para-hydroxylation sites is 1. The van der Waals surface area contributed by atoms with Crippen molar-refractivity contribution in [2.24, 2.45) is 0 Å². The highest BCUT2D eigenvalue weighted by atomic mass is 16.1. The molecule has 1 amide bonds. The summed E-state index contributed by atoms with van der Waals surface area (Å²) < 4.78 is 1.53.